The highest BCUT2D eigenvalue weighted by atomic mass is 16.7. The first kappa shape index (κ1) is 19.2. The van der Waals surface area contributed by atoms with Crippen molar-refractivity contribution in [2.45, 2.75) is 20.3 Å². The minimum Gasteiger partial charge on any atom is -0.434 e. The van der Waals surface area contributed by atoms with E-state index in [2.05, 4.69) is 15.4 Å². The minimum absolute atomic E-state index is 0.188. The topological polar surface area (TPSA) is 93.7 Å². The molecule has 1 aromatic carbocycles. The van der Waals surface area contributed by atoms with E-state index < -0.39 is 6.16 Å². The Morgan fingerprint density at radius 2 is 1.71 bits per heavy atom. The van der Waals surface area contributed by atoms with Gasteiger partial charge in [-0.2, -0.15) is 0 Å². The molecule has 0 unspecified atom stereocenters. The zero-order valence-electron chi connectivity index (χ0n) is 13.8. The van der Waals surface area contributed by atoms with Crippen LogP contribution in [-0.2, 0) is 9.53 Å². The molecule has 7 nitrogen and oxygen atoms in total. The third-order valence-corrected chi connectivity index (χ3v) is 2.79. The third kappa shape index (κ3) is 7.44. The molecule has 0 saturated heterocycles. The zero-order chi connectivity index (χ0) is 17.8. The highest BCUT2D eigenvalue weighted by Crippen LogP contribution is 2.12. The maximum absolute atomic E-state index is 11.9. The molecular weight excluding hydrogens is 312 g/mol. The highest BCUT2D eigenvalue weighted by Gasteiger charge is 2.08. The second-order valence-corrected chi connectivity index (χ2v) is 4.67. The molecule has 1 aromatic rings. The minimum atomic E-state index is -0.789. The van der Waals surface area contributed by atoms with Crippen LogP contribution in [0.3, 0.4) is 0 Å². The Bertz CT molecular complexity index is 581. The largest absolute Gasteiger partial charge is 0.513 e. The summed E-state index contributed by atoms with van der Waals surface area (Å²) in [6.45, 7) is 4.49. The second-order valence-electron chi connectivity index (χ2n) is 4.67. The molecule has 7 heteroatoms. The van der Waals surface area contributed by atoms with E-state index in [4.69, 9.17) is 4.74 Å². The van der Waals surface area contributed by atoms with Gasteiger partial charge in [-0.1, -0.05) is 13.0 Å². The number of rotatable bonds is 8. The van der Waals surface area contributed by atoms with E-state index in [1.165, 1.54) is 30.3 Å². The van der Waals surface area contributed by atoms with E-state index in [0.29, 0.717) is 24.4 Å². The Morgan fingerprint density at radius 1 is 1.04 bits per heavy atom. The van der Waals surface area contributed by atoms with Gasteiger partial charge in [-0.15, -0.1) is 0 Å². The maximum atomic E-state index is 11.9. The first-order valence-corrected chi connectivity index (χ1v) is 7.74. The van der Waals surface area contributed by atoms with Crippen molar-refractivity contribution in [1.29, 1.82) is 0 Å². The van der Waals surface area contributed by atoms with Crippen molar-refractivity contribution in [3.63, 3.8) is 0 Å². The summed E-state index contributed by atoms with van der Waals surface area (Å²) in [4.78, 5) is 34.4. The van der Waals surface area contributed by atoms with E-state index >= 15 is 0 Å². The molecule has 130 valence electrons. The van der Waals surface area contributed by atoms with Crippen LogP contribution in [0.2, 0.25) is 0 Å². The van der Waals surface area contributed by atoms with Crippen molar-refractivity contribution in [3.05, 3.63) is 42.0 Å². The van der Waals surface area contributed by atoms with Gasteiger partial charge in [0, 0.05) is 18.7 Å². The molecule has 0 saturated carbocycles. The van der Waals surface area contributed by atoms with Gasteiger partial charge in [0.2, 0.25) is 5.91 Å². The molecule has 0 bridgehead atoms. The Kier molecular flexibility index (Phi) is 8.67. The van der Waals surface area contributed by atoms with Crippen LogP contribution in [0.25, 0.3) is 0 Å². The lowest BCUT2D eigenvalue weighted by Gasteiger charge is -2.07. The van der Waals surface area contributed by atoms with Crippen molar-refractivity contribution in [2.24, 2.45) is 0 Å². The fourth-order valence-electron chi connectivity index (χ4n) is 1.67. The van der Waals surface area contributed by atoms with Crippen LogP contribution in [-0.4, -0.2) is 37.7 Å². The van der Waals surface area contributed by atoms with Crippen LogP contribution in [0.4, 0.5) is 4.79 Å². The molecule has 0 aliphatic heterocycles. The zero-order valence-corrected chi connectivity index (χ0v) is 13.8. The smallest absolute Gasteiger partial charge is 0.434 e. The number of hydrogen-bond donors (Lipinski definition) is 2. The van der Waals surface area contributed by atoms with E-state index in [1.54, 1.807) is 13.0 Å². The molecule has 0 spiro atoms. The van der Waals surface area contributed by atoms with Gasteiger partial charge in [-0.05, 0) is 43.7 Å². The molecule has 0 fully saturated rings. The SMILES string of the molecule is CC/C=C/C(=O)NCCNC(=O)c1ccc(OC(=O)OCC)cc1. The Morgan fingerprint density at radius 3 is 2.33 bits per heavy atom. The summed E-state index contributed by atoms with van der Waals surface area (Å²) in [5, 5.41) is 5.34. The van der Waals surface area contributed by atoms with Crippen LogP contribution in [0.15, 0.2) is 36.4 Å². The van der Waals surface area contributed by atoms with Gasteiger partial charge in [-0.25, -0.2) is 4.79 Å². The van der Waals surface area contributed by atoms with E-state index in [9.17, 15) is 14.4 Å². The van der Waals surface area contributed by atoms with Gasteiger partial charge in [0.05, 0.1) is 6.61 Å². The summed E-state index contributed by atoms with van der Waals surface area (Å²) in [6.07, 6.45) is 3.22. The molecule has 2 N–H and O–H groups in total. The maximum Gasteiger partial charge on any atom is 0.513 e. The first-order chi connectivity index (χ1) is 11.6. The lowest BCUT2D eigenvalue weighted by molar-refractivity contribution is -0.116. The summed E-state index contributed by atoms with van der Waals surface area (Å²) >= 11 is 0. The number of carbonyl (C=O) groups excluding carboxylic acids is 3. The molecule has 1 rings (SSSR count). The number of allylic oxidation sites excluding steroid dienone is 1. The average molecular weight is 334 g/mol. The van der Waals surface area contributed by atoms with Gasteiger partial charge < -0.3 is 20.1 Å². The van der Waals surface area contributed by atoms with Crippen LogP contribution < -0.4 is 15.4 Å². The fraction of sp³-hybridized carbons (Fsp3) is 0.353. The molecule has 0 radical (unpaired) electrons. The second kappa shape index (κ2) is 10.8. The highest BCUT2D eigenvalue weighted by molar-refractivity contribution is 5.94. The van der Waals surface area contributed by atoms with Crippen molar-refractivity contribution < 1.29 is 23.9 Å². The van der Waals surface area contributed by atoms with Gasteiger partial charge in [0.1, 0.15) is 5.75 Å². The predicted molar refractivity (Wildman–Crippen MR) is 88.9 cm³/mol. The van der Waals surface area contributed by atoms with Crippen molar-refractivity contribution >= 4 is 18.0 Å². The van der Waals surface area contributed by atoms with Gasteiger partial charge >= 0.3 is 6.16 Å². The fourth-order valence-corrected chi connectivity index (χ4v) is 1.67. The number of benzene rings is 1. The van der Waals surface area contributed by atoms with Gasteiger partial charge in [-0.3, -0.25) is 9.59 Å². The van der Waals surface area contributed by atoms with Gasteiger partial charge in [0.15, 0.2) is 0 Å². The van der Waals surface area contributed by atoms with Crippen molar-refractivity contribution in [3.8, 4) is 5.75 Å². The first-order valence-electron chi connectivity index (χ1n) is 7.74. The summed E-state index contributed by atoms with van der Waals surface area (Å²) in [5.74, 6) is -0.178. The van der Waals surface area contributed by atoms with Crippen LogP contribution >= 0.6 is 0 Å². The van der Waals surface area contributed by atoms with E-state index in [-0.39, 0.29) is 18.4 Å². The van der Waals surface area contributed by atoms with Crippen molar-refractivity contribution in [1.82, 2.24) is 10.6 Å². The lowest BCUT2D eigenvalue weighted by Crippen LogP contribution is -2.34. The van der Waals surface area contributed by atoms with Crippen LogP contribution in [0.5, 0.6) is 5.75 Å². The average Bonchev–Trinajstić information content (AvgIpc) is 2.57. The Hall–Kier alpha value is -2.83. The van der Waals surface area contributed by atoms with Crippen LogP contribution in [0, 0.1) is 0 Å². The quantitative estimate of drug-likeness (QED) is 0.328. The predicted octanol–water partition coefficient (Wildman–Crippen LogP) is 2.03. The summed E-state index contributed by atoms with van der Waals surface area (Å²) < 4.78 is 9.55. The molecular formula is C17H22N2O5. The lowest BCUT2D eigenvalue weighted by atomic mass is 10.2. The molecule has 0 atom stereocenters. The molecule has 0 aromatic heterocycles. The molecule has 0 aliphatic rings. The summed E-state index contributed by atoms with van der Waals surface area (Å²) in [6, 6.07) is 6.07. The van der Waals surface area contributed by atoms with Crippen molar-refractivity contribution in [2.75, 3.05) is 19.7 Å². The monoisotopic (exact) mass is 334 g/mol. The number of amides is 2. The van der Waals surface area contributed by atoms with E-state index in [1.807, 2.05) is 6.92 Å². The molecule has 0 aliphatic carbocycles. The normalized spacial score (nSPS) is 10.2. The Labute approximate surface area is 141 Å². The van der Waals surface area contributed by atoms with Gasteiger partial charge in [0.25, 0.3) is 5.91 Å². The molecule has 0 heterocycles. The summed E-state index contributed by atoms with van der Waals surface area (Å²) in [7, 11) is 0. The third-order valence-electron chi connectivity index (χ3n) is 2.79. The number of carbonyl (C=O) groups is 3. The number of ether oxygens (including phenoxy) is 2. The van der Waals surface area contributed by atoms with Crippen LogP contribution in [0.1, 0.15) is 30.6 Å². The molecule has 2 amide bonds. The standard InChI is InChI=1S/C17H22N2O5/c1-3-5-6-15(20)18-11-12-19-16(21)13-7-9-14(10-8-13)24-17(22)23-4-2/h5-10H,3-4,11-12H2,1-2H3,(H,18,20)(H,19,21)/b6-5+. The van der Waals surface area contributed by atoms with E-state index in [0.717, 1.165) is 6.42 Å². The number of nitrogens with one attached hydrogen (secondary N) is 2. The number of hydrogen-bond acceptors (Lipinski definition) is 5. The Balaban J connectivity index is 2.36. The summed E-state index contributed by atoms with van der Waals surface area (Å²) in [5.41, 5.74) is 0.420. The molecule has 24 heavy (non-hydrogen) atoms.